The van der Waals surface area contributed by atoms with Gasteiger partial charge in [-0.2, -0.15) is 0 Å². The van der Waals surface area contributed by atoms with Gasteiger partial charge in [0.25, 0.3) is 0 Å². The summed E-state index contributed by atoms with van der Waals surface area (Å²) >= 11 is 7.48. The Balaban J connectivity index is 3.23. The summed E-state index contributed by atoms with van der Waals surface area (Å²) < 4.78 is 4.05. The van der Waals surface area contributed by atoms with E-state index in [1.165, 1.54) is 18.9 Å². The maximum absolute atomic E-state index is 11.7. The third-order valence-electron chi connectivity index (χ3n) is 2.37. The molecule has 1 rings (SSSR count). The maximum atomic E-state index is 11.7. The molecule has 0 radical (unpaired) electrons. The number of esters is 1. The monoisotopic (exact) mass is 244 g/mol. The van der Waals surface area contributed by atoms with Crippen LogP contribution in [0.25, 0.3) is 0 Å². The summed E-state index contributed by atoms with van der Waals surface area (Å²) in [5.74, 6) is -0.289. The van der Waals surface area contributed by atoms with Gasteiger partial charge in [0.15, 0.2) is 0 Å². The molecule has 1 atom stereocenters. The Bertz CT molecular complexity index is 367. The Hall–Kier alpha value is -0.670. The summed E-state index contributed by atoms with van der Waals surface area (Å²) in [4.78, 5) is 11.7. The van der Waals surface area contributed by atoms with Gasteiger partial charge in [-0.25, -0.2) is 0 Å². The number of rotatable bonds is 3. The fraction of sp³-hybridized carbons (Fsp3) is 0.364. The van der Waals surface area contributed by atoms with E-state index in [1.54, 1.807) is 6.07 Å². The van der Waals surface area contributed by atoms with E-state index in [0.717, 1.165) is 5.56 Å². The minimum atomic E-state index is -0.743. The molecule has 0 fully saturated rings. The Morgan fingerprint density at radius 2 is 2.07 bits per heavy atom. The highest BCUT2D eigenvalue weighted by molar-refractivity contribution is 8.00. The second-order valence-corrected chi connectivity index (χ2v) is 4.84. The summed E-state index contributed by atoms with van der Waals surface area (Å²) in [7, 11) is 1.38. The summed E-state index contributed by atoms with van der Waals surface area (Å²) in [6.07, 6.45) is 1.86. The normalized spacial score (nSPS) is 14.4. The molecule has 0 aromatic heterocycles. The number of ether oxygens (including phenoxy) is 1. The van der Waals surface area contributed by atoms with Crippen molar-refractivity contribution in [1.29, 1.82) is 0 Å². The Labute approximate surface area is 99.0 Å². The smallest absolute Gasteiger partial charge is 0.326 e. The van der Waals surface area contributed by atoms with Crippen molar-refractivity contribution in [2.45, 2.75) is 11.7 Å². The fourth-order valence-corrected chi connectivity index (χ4v) is 2.37. The van der Waals surface area contributed by atoms with Crippen molar-refractivity contribution in [3.05, 3.63) is 34.9 Å². The molecule has 0 heterocycles. The third kappa shape index (κ3) is 2.29. The van der Waals surface area contributed by atoms with E-state index in [4.69, 9.17) is 16.3 Å². The molecule has 0 saturated heterocycles. The summed E-state index contributed by atoms with van der Waals surface area (Å²) in [5.41, 5.74) is 0.783. The van der Waals surface area contributed by atoms with Gasteiger partial charge in [0.1, 0.15) is 4.75 Å². The van der Waals surface area contributed by atoms with Crippen molar-refractivity contribution in [3.8, 4) is 0 Å². The van der Waals surface area contributed by atoms with Gasteiger partial charge in [-0.1, -0.05) is 29.8 Å². The lowest BCUT2D eigenvalue weighted by molar-refractivity contribution is -0.143. The van der Waals surface area contributed by atoms with Crippen LogP contribution in [0.1, 0.15) is 12.5 Å². The summed E-state index contributed by atoms with van der Waals surface area (Å²) in [6, 6.07) is 7.31. The van der Waals surface area contributed by atoms with Gasteiger partial charge in [0.2, 0.25) is 0 Å². The van der Waals surface area contributed by atoms with E-state index < -0.39 is 4.75 Å². The number of benzene rings is 1. The topological polar surface area (TPSA) is 26.3 Å². The van der Waals surface area contributed by atoms with Crippen molar-refractivity contribution in [2.75, 3.05) is 13.4 Å². The van der Waals surface area contributed by atoms with Gasteiger partial charge >= 0.3 is 5.97 Å². The molecule has 0 N–H and O–H groups in total. The highest BCUT2D eigenvalue weighted by Crippen LogP contribution is 2.39. The molecule has 15 heavy (non-hydrogen) atoms. The molecule has 82 valence electrons. The van der Waals surface area contributed by atoms with Gasteiger partial charge in [-0.05, 0) is 24.8 Å². The highest BCUT2D eigenvalue weighted by Gasteiger charge is 2.37. The number of methoxy groups -OCH3 is 1. The van der Waals surface area contributed by atoms with E-state index in [9.17, 15) is 4.79 Å². The second kappa shape index (κ2) is 4.90. The quantitative estimate of drug-likeness (QED) is 0.765. The molecule has 1 aromatic carbocycles. The molecule has 4 heteroatoms. The number of carbonyl (C=O) groups excluding carboxylic acids is 1. The van der Waals surface area contributed by atoms with Gasteiger partial charge in [-0.15, -0.1) is 11.8 Å². The SMILES string of the molecule is COC(=O)C(C)(SC)c1ccccc1Cl. The predicted octanol–water partition coefficient (Wildman–Crippen LogP) is 3.09. The fourth-order valence-electron chi connectivity index (χ4n) is 1.35. The molecule has 0 spiro atoms. The van der Waals surface area contributed by atoms with Crippen molar-refractivity contribution >= 4 is 29.3 Å². The molecular formula is C11H13ClO2S. The average molecular weight is 245 g/mol. The standard InChI is InChI=1S/C11H13ClO2S/c1-11(15-3,10(13)14-2)8-6-4-5-7-9(8)12/h4-7H,1-3H3. The second-order valence-electron chi connectivity index (χ2n) is 3.21. The first-order valence-corrected chi connectivity index (χ1v) is 6.05. The zero-order chi connectivity index (χ0) is 11.5. The minimum absolute atomic E-state index is 0.289. The van der Waals surface area contributed by atoms with Crippen LogP contribution in [0.5, 0.6) is 0 Å². The zero-order valence-electron chi connectivity index (χ0n) is 8.91. The first kappa shape index (κ1) is 12.4. The van der Waals surface area contributed by atoms with Crippen LogP contribution in [-0.4, -0.2) is 19.3 Å². The lowest BCUT2D eigenvalue weighted by Gasteiger charge is -2.25. The Morgan fingerprint density at radius 3 is 2.53 bits per heavy atom. The third-order valence-corrected chi connectivity index (χ3v) is 3.90. The van der Waals surface area contributed by atoms with Crippen LogP contribution in [0.4, 0.5) is 0 Å². The van der Waals surface area contributed by atoms with Crippen LogP contribution < -0.4 is 0 Å². The number of thioether (sulfide) groups is 1. The molecule has 0 aliphatic heterocycles. The van der Waals surface area contributed by atoms with Crippen LogP contribution in [0.15, 0.2) is 24.3 Å². The number of halogens is 1. The number of hydrogen-bond acceptors (Lipinski definition) is 3. The average Bonchev–Trinajstić information content (AvgIpc) is 2.27. The number of carbonyl (C=O) groups is 1. The predicted molar refractivity (Wildman–Crippen MR) is 64.3 cm³/mol. The van der Waals surface area contributed by atoms with Crippen molar-refractivity contribution < 1.29 is 9.53 Å². The van der Waals surface area contributed by atoms with E-state index in [1.807, 2.05) is 31.4 Å². The highest BCUT2D eigenvalue weighted by atomic mass is 35.5. The lowest BCUT2D eigenvalue weighted by atomic mass is 10.0. The summed E-state index contributed by atoms with van der Waals surface area (Å²) in [5, 5.41) is 0.583. The Kier molecular flexibility index (Phi) is 4.05. The lowest BCUT2D eigenvalue weighted by Crippen LogP contribution is -2.30. The van der Waals surface area contributed by atoms with Crippen molar-refractivity contribution in [3.63, 3.8) is 0 Å². The van der Waals surface area contributed by atoms with Gasteiger partial charge in [-0.3, -0.25) is 4.79 Å². The van der Waals surface area contributed by atoms with Gasteiger partial charge < -0.3 is 4.74 Å². The van der Waals surface area contributed by atoms with E-state index >= 15 is 0 Å². The van der Waals surface area contributed by atoms with Crippen molar-refractivity contribution in [2.24, 2.45) is 0 Å². The van der Waals surface area contributed by atoms with Crippen LogP contribution in [-0.2, 0) is 14.3 Å². The molecule has 0 bridgehead atoms. The summed E-state index contributed by atoms with van der Waals surface area (Å²) in [6.45, 7) is 1.81. The van der Waals surface area contributed by atoms with Crippen LogP contribution in [0.3, 0.4) is 0 Å². The number of hydrogen-bond donors (Lipinski definition) is 0. The molecule has 0 aliphatic carbocycles. The van der Waals surface area contributed by atoms with Gasteiger partial charge in [0, 0.05) is 5.02 Å². The van der Waals surface area contributed by atoms with Crippen molar-refractivity contribution in [1.82, 2.24) is 0 Å². The molecule has 1 aromatic rings. The molecular weight excluding hydrogens is 232 g/mol. The van der Waals surface area contributed by atoms with Crippen LogP contribution in [0.2, 0.25) is 5.02 Å². The molecule has 1 unspecified atom stereocenters. The largest absolute Gasteiger partial charge is 0.468 e. The minimum Gasteiger partial charge on any atom is -0.468 e. The molecule has 2 nitrogen and oxygen atoms in total. The first-order chi connectivity index (χ1) is 7.06. The maximum Gasteiger partial charge on any atom is 0.326 e. The molecule has 0 amide bonds. The molecule has 0 saturated carbocycles. The molecule has 0 aliphatic rings. The Morgan fingerprint density at radius 1 is 1.47 bits per heavy atom. The van der Waals surface area contributed by atoms with Crippen LogP contribution in [0, 0.1) is 0 Å². The van der Waals surface area contributed by atoms with E-state index in [-0.39, 0.29) is 5.97 Å². The van der Waals surface area contributed by atoms with E-state index in [0.29, 0.717) is 5.02 Å². The van der Waals surface area contributed by atoms with Gasteiger partial charge in [0.05, 0.1) is 7.11 Å². The van der Waals surface area contributed by atoms with Crippen LogP contribution >= 0.6 is 23.4 Å². The first-order valence-electron chi connectivity index (χ1n) is 4.45. The van der Waals surface area contributed by atoms with E-state index in [2.05, 4.69) is 0 Å². The zero-order valence-corrected chi connectivity index (χ0v) is 10.5.